The maximum Gasteiger partial charge on any atom is 0.242 e. The normalized spacial score (nSPS) is 11.8. The van der Waals surface area contributed by atoms with E-state index in [-0.39, 0.29) is 29.1 Å². The summed E-state index contributed by atoms with van der Waals surface area (Å²) in [6.45, 7) is 6.58. The quantitative estimate of drug-likeness (QED) is 0.556. The molecule has 0 aromatic heterocycles. The zero-order chi connectivity index (χ0) is 22.1. The van der Waals surface area contributed by atoms with E-state index in [1.54, 1.807) is 17.0 Å². The number of hydrogen-bond donors (Lipinski definition) is 1. The highest BCUT2D eigenvalue weighted by Gasteiger charge is 2.28. The number of carbonyl (C=O) groups excluding carboxylic acids is 2. The molecule has 2 amide bonds. The minimum absolute atomic E-state index is 0.131. The minimum Gasteiger partial charge on any atom is -0.355 e. The van der Waals surface area contributed by atoms with E-state index in [0.717, 1.165) is 11.1 Å². The summed E-state index contributed by atoms with van der Waals surface area (Å²) >= 11 is 7.37. The molecule has 0 spiro atoms. The molecule has 0 bridgehead atoms. The Bertz CT molecular complexity index is 858. The van der Waals surface area contributed by atoms with Crippen LogP contribution >= 0.6 is 23.4 Å². The maximum atomic E-state index is 14.0. The molecular formula is C23H28ClFN2O2S. The fourth-order valence-corrected chi connectivity index (χ4v) is 4.46. The van der Waals surface area contributed by atoms with E-state index < -0.39 is 6.04 Å². The van der Waals surface area contributed by atoms with Gasteiger partial charge in [0.15, 0.2) is 0 Å². The van der Waals surface area contributed by atoms with Crippen LogP contribution in [0, 0.1) is 12.7 Å². The van der Waals surface area contributed by atoms with Gasteiger partial charge < -0.3 is 10.2 Å². The van der Waals surface area contributed by atoms with E-state index in [4.69, 9.17) is 11.6 Å². The fraction of sp³-hybridized carbons (Fsp3) is 0.391. The van der Waals surface area contributed by atoms with Gasteiger partial charge in [0.05, 0.1) is 5.75 Å². The number of hydrogen-bond acceptors (Lipinski definition) is 3. The van der Waals surface area contributed by atoms with E-state index in [1.165, 1.54) is 17.8 Å². The van der Waals surface area contributed by atoms with Gasteiger partial charge >= 0.3 is 0 Å². The molecule has 0 saturated carbocycles. The third kappa shape index (κ3) is 6.74. The zero-order valence-electron chi connectivity index (χ0n) is 17.6. The standard InChI is InChI=1S/C23H28ClFN2O2S/c1-4-21(23(29)26-5-2)27(13-17-9-6-8-16(3)12-17)22(28)15-30-14-18-19(24)10-7-11-20(18)25/h6-12,21H,4-5,13-15H2,1-3H3,(H,26,29). The van der Waals surface area contributed by atoms with E-state index in [1.807, 2.05) is 45.0 Å². The number of carbonyl (C=O) groups is 2. The number of rotatable bonds is 10. The average Bonchev–Trinajstić information content (AvgIpc) is 2.70. The zero-order valence-corrected chi connectivity index (χ0v) is 19.2. The monoisotopic (exact) mass is 450 g/mol. The lowest BCUT2D eigenvalue weighted by atomic mass is 10.1. The van der Waals surface area contributed by atoms with Crippen molar-refractivity contribution in [2.75, 3.05) is 12.3 Å². The highest BCUT2D eigenvalue weighted by molar-refractivity contribution is 7.99. The highest BCUT2D eigenvalue weighted by atomic mass is 35.5. The smallest absolute Gasteiger partial charge is 0.242 e. The number of aryl methyl sites for hydroxylation is 1. The molecule has 0 aliphatic heterocycles. The second kappa shape index (κ2) is 12.0. The maximum absolute atomic E-state index is 14.0. The third-order valence-corrected chi connectivity index (χ3v) is 6.00. The van der Waals surface area contributed by atoms with Gasteiger partial charge in [0.2, 0.25) is 11.8 Å². The fourth-order valence-electron chi connectivity index (χ4n) is 3.21. The second-order valence-corrected chi connectivity index (χ2v) is 8.42. The Kier molecular flexibility index (Phi) is 9.66. The molecule has 7 heteroatoms. The van der Waals surface area contributed by atoms with Gasteiger partial charge in [-0.3, -0.25) is 9.59 Å². The van der Waals surface area contributed by atoms with Gasteiger partial charge in [0, 0.05) is 29.4 Å². The number of benzene rings is 2. The van der Waals surface area contributed by atoms with Gasteiger partial charge in [-0.2, -0.15) is 0 Å². The summed E-state index contributed by atoms with van der Waals surface area (Å²) in [5.41, 5.74) is 2.45. The average molecular weight is 451 g/mol. The molecule has 0 heterocycles. The van der Waals surface area contributed by atoms with Crippen LogP contribution in [0.1, 0.15) is 37.0 Å². The first-order valence-corrected chi connectivity index (χ1v) is 11.5. The molecule has 0 radical (unpaired) electrons. The second-order valence-electron chi connectivity index (χ2n) is 7.02. The first kappa shape index (κ1) is 24.2. The predicted octanol–water partition coefficient (Wildman–Crippen LogP) is 4.96. The number of likely N-dealkylation sites (N-methyl/N-ethyl adjacent to an activating group) is 1. The van der Waals surface area contributed by atoms with Crippen molar-refractivity contribution < 1.29 is 14.0 Å². The summed E-state index contributed by atoms with van der Waals surface area (Å²) in [6, 6.07) is 11.9. The summed E-state index contributed by atoms with van der Waals surface area (Å²) < 4.78 is 14.0. The molecule has 0 aliphatic rings. The van der Waals surface area contributed by atoms with Crippen LogP contribution in [-0.2, 0) is 21.9 Å². The minimum atomic E-state index is -0.560. The van der Waals surface area contributed by atoms with Crippen LogP contribution in [0.5, 0.6) is 0 Å². The number of nitrogens with one attached hydrogen (secondary N) is 1. The largest absolute Gasteiger partial charge is 0.355 e. The molecule has 0 fully saturated rings. The predicted molar refractivity (Wildman–Crippen MR) is 122 cm³/mol. The Balaban J connectivity index is 2.15. The molecule has 30 heavy (non-hydrogen) atoms. The van der Waals surface area contributed by atoms with Crippen LogP contribution < -0.4 is 5.32 Å². The summed E-state index contributed by atoms with van der Waals surface area (Å²) in [5.74, 6) is -0.289. The van der Waals surface area contributed by atoms with Crippen LogP contribution in [0.15, 0.2) is 42.5 Å². The Labute approximate surface area is 187 Å². The van der Waals surface area contributed by atoms with E-state index in [0.29, 0.717) is 30.1 Å². The molecule has 4 nitrogen and oxygen atoms in total. The number of thioether (sulfide) groups is 1. The molecule has 2 aromatic carbocycles. The lowest BCUT2D eigenvalue weighted by Gasteiger charge is -2.30. The van der Waals surface area contributed by atoms with Gasteiger partial charge in [-0.05, 0) is 38.0 Å². The van der Waals surface area contributed by atoms with Gasteiger partial charge in [-0.25, -0.2) is 4.39 Å². The first-order chi connectivity index (χ1) is 14.4. The summed E-state index contributed by atoms with van der Waals surface area (Å²) in [5, 5.41) is 3.17. The van der Waals surface area contributed by atoms with Gasteiger partial charge in [-0.15, -0.1) is 11.8 Å². The summed E-state index contributed by atoms with van der Waals surface area (Å²) in [4.78, 5) is 27.3. The van der Waals surface area contributed by atoms with Crippen LogP contribution in [0.25, 0.3) is 0 Å². The van der Waals surface area contributed by atoms with Crippen molar-refractivity contribution in [3.63, 3.8) is 0 Å². The number of nitrogens with zero attached hydrogens (tertiary/aromatic N) is 1. The SMILES string of the molecule is CCNC(=O)C(CC)N(Cc1cccc(C)c1)C(=O)CSCc1c(F)cccc1Cl. The Morgan fingerprint density at radius 1 is 1.20 bits per heavy atom. The van der Waals surface area contributed by atoms with Crippen molar-refractivity contribution in [2.45, 2.75) is 45.5 Å². The van der Waals surface area contributed by atoms with Crippen LogP contribution in [-0.4, -0.2) is 35.1 Å². The lowest BCUT2D eigenvalue weighted by Crippen LogP contribution is -2.49. The van der Waals surface area contributed by atoms with E-state index >= 15 is 0 Å². The van der Waals surface area contributed by atoms with Crippen LogP contribution in [0.4, 0.5) is 4.39 Å². The number of amides is 2. The molecule has 2 rings (SSSR count). The summed E-state index contributed by atoms with van der Waals surface area (Å²) in [7, 11) is 0. The van der Waals surface area contributed by atoms with Crippen LogP contribution in [0.3, 0.4) is 0 Å². The summed E-state index contributed by atoms with van der Waals surface area (Å²) in [6.07, 6.45) is 0.507. The Morgan fingerprint density at radius 3 is 2.57 bits per heavy atom. The molecule has 1 unspecified atom stereocenters. The van der Waals surface area contributed by atoms with Crippen molar-refractivity contribution >= 4 is 35.2 Å². The Hall–Kier alpha value is -2.05. The van der Waals surface area contributed by atoms with Crippen LogP contribution in [0.2, 0.25) is 5.02 Å². The molecule has 162 valence electrons. The molecule has 0 aliphatic carbocycles. The van der Waals surface area contributed by atoms with E-state index in [2.05, 4.69) is 5.32 Å². The first-order valence-electron chi connectivity index (χ1n) is 10.0. The molecule has 1 atom stereocenters. The van der Waals surface area contributed by atoms with Crippen molar-refractivity contribution in [3.8, 4) is 0 Å². The van der Waals surface area contributed by atoms with Crippen molar-refractivity contribution in [2.24, 2.45) is 0 Å². The molecule has 1 N–H and O–H groups in total. The third-order valence-electron chi connectivity index (χ3n) is 4.71. The van der Waals surface area contributed by atoms with Crippen molar-refractivity contribution in [1.82, 2.24) is 10.2 Å². The van der Waals surface area contributed by atoms with Gasteiger partial charge in [-0.1, -0.05) is 54.4 Å². The number of halogens is 2. The Morgan fingerprint density at radius 2 is 1.93 bits per heavy atom. The van der Waals surface area contributed by atoms with Gasteiger partial charge in [0.25, 0.3) is 0 Å². The molecular weight excluding hydrogens is 423 g/mol. The van der Waals surface area contributed by atoms with E-state index in [9.17, 15) is 14.0 Å². The lowest BCUT2D eigenvalue weighted by molar-refractivity contribution is -0.139. The van der Waals surface area contributed by atoms with Crippen molar-refractivity contribution in [1.29, 1.82) is 0 Å². The topological polar surface area (TPSA) is 49.4 Å². The van der Waals surface area contributed by atoms with Gasteiger partial charge in [0.1, 0.15) is 11.9 Å². The molecule has 0 saturated heterocycles. The molecule has 2 aromatic rings. The van der Waals surface area contributed by atoms with Crippen molar-refractivity contribution in [3.05, 3.63) is 70.0 Å². The highest BCUT2D eigenvalue weighted by Crippen LogP contribution is 2.24.